The third-order valence-electron chi connectivity index (χ3n) is 3.70. The van der Waals surface area contributed by atoms with Gasteiger partial charge in [-0.2, -0.15) is 0 Å². The summed E-state index contributed by atoms with van der Waals surface area (Å²) in [6, 6.07) is 11.5. The first-order chi connectivity index (χ1) is 11.8. The Balaban J connectivity index is 2.16. The lowest BCUT2D eigenvalue weighted by Crippen LogP contribution is -2.41. The van der Waals surface area contributed by atoms with Crippen molar-refractivity contribution in [3.63, 3.8) is 0 Å². The van der Waals surface area contributed by atoms with Gasteiger partial charge in [0.25, 0.3) is 5.79 Å². The van der Waals surface area contributed by atoms with E-state index in [0.717, 1.165) is 10.8 Å². The lowest BCUT2D eigenvalue weighted by atomic mass is 10.0. The second-order valence-electron chi connectivity index (χ2n) is 6.60. The number of ether oxygens (including phenoxy) is 3. The molecule has 3 rings (SSSR count). The van der Waals surface area contributed by atoms with Crippen molar-refractivity contribution in [1.29, 1.82) is 0 Å². The molecule has 25 heavy (non-hydrogen) atoms. The van der Waals surface area contributed by atoms with Crippen LogP contribution in [0.2, 0.25) is 0 Å². The number of cyclic esters (lactones) is 2. The summed E-state index contributed by atoms with van der Waals surface area (Å²) in [6.07, 6.45) is 1.43. The molecule has 5 nitrogen and oxygen atoms in total. The first-order valence-electron chi connectivity index (χ1n) is 8.13. The van der Waals surface area contributed by atoms with E-state index in [0.29, 0.717) is 11.3 Å². The first-order valence-corrected chi connectivity index (χ1v) is 8.13. The van der Waals surface area contributed by atoms with Crippen LogP contribution >= 0.6 is 0 Å². The molecule has 1 aliphatic rings. The van der Waals surface area contributed by atoms with E-state index < -0.39 is 17.7 Å². The van der Waals surface area contributed by atoms with Crippen LogP contribution in [-0.4, -0.2) is 23.8 Å². The van der Waals surface area contributed by atoms with E-state index in [1.165, 1.54) is 19.9 Å². The minimum Gasteiger partial charge on any atom is -0.490 e. The van der Waals surface area contributed by atoms with E-state index in [1.54, 1.807) is 0 Å². The number of hydrogen-bond acceptors (Lipinski definition) is 5. The standard InChI is InChI=1S/C20H20O5/c1-12(2)23-17-10-9-13-7-5-6-8-14(13)15(17)11-16-18(21)24-20(3,4)25-19(16)22/h5-12H,1-4H3. The smallest absolute Gasteiger partial charge is 0.348 e. The minimum absolute atomic E-state index is 0.0532. The van der Waals surface area contributed by atoms with Crippen molar-refractivity contribution in [1.82, 2.24) is 0 Å². The fraction of sp³-hybridized carbons (Fsp3) is 0.300. The van der Waals surface area contributed by atoms with E-state index in [1.807, 2.05) is 50.2 Å². The van der Waals surface area contributed by atoms with Gasteiger partial charge < -0.3 is 14.2 Å². The van der Waals surface area contributed by atoms with Crippen LogP contribution in [0.3, 0.4) is 0 Å². The average Bonchev–Trinajstić information content (AvgIpc) is 2.50. The summed E-state index contributed by atoms with van der Waals surface area (Å²) in [5.74, 6) is -2.08. The van der Waals surface area contributed by atoms with Gasteiger partial charge in [-0.3, -0.25) is 0 Å². The summed E-state index contributed by atoms with van der Waals surface area (Å²) in [5, 5.41) is 1.85. The molecular weight excluding hydrogens is 320 g/mol. The molecule has 0 saturated carbocycles. The van der Waals surface area contributed by atoms with Crippen molar-refractivity contribution in [2.24, 2.45) is 0 Å². The number of hydrogen-bond donors (Lipinski definition) is 0. The molecule has 0 spiro atoms. The van der Waals surface area contributed by atoms with Gasteiger partial charge in [0, 0.05) is 19.4 Å². The Bertz CT molecular complexity index is 855. The number of rotatable bonds is 3. The Labute approximate surface area is 146 Å². The van der Waals surface area contributed by atoms with Gasteiger partial charge in [-0.25, -0.2) is 9.59 Å². The molecule has 2 aromatic rings. The van der Waals surface area contributed by atoms with Crippen molar-refractivity contribution in [3.05, 3.63) is 47.5 Å². The third-order valence-corrected chi connectivity index (χ3v) is 3.70. The molecule has 0 radical (unpaired) electrons. The van der Waals surface area contributed by atoms with Crippen LogP contribution in [0.5, 0.6) is 5.75 Å². The normalized spacial score (nSPS) is 16.6. The molecule has 130 valence electrons. The summed E-state index contributed by atoms with van der Waals surface area (Å²) < 4.78 is 16.2. The fourth-order valence-electron chi connectivity index (χ4n) is 2.70. The molecule has 0 N–H and O–H groups in total. The van der Waals surface area contributed by atoms with Gasteiger partial charge in [0.15, 0.2) is 0 Å². The Morgan fingerprint density at radius 3 is 2.28 bits per heavy atom. The summed E-state index contributed by atoms with van der Waals surface area (Å²) >= 11 is 0. The molecular formula is C20H20O5. The number of carbonyl (C=O) groups excluding carboxylic acids is 2. The largest absolute Gasteiger partial charge is 0.490 e. The number of benzene rings is 2. The molecule has 0 atom stereocenters. The molecule has 1 heterocycles. The molecule has 1 saturated heterocycles. The van der Waals surface area contributed by atoms with Gasteiger partial charge in [0.05, 0.1) is 6.10 Å². The van der Waals surface area contributed by atoms with Crippen LogP contribution in [0.15, 0.2) is 42.0 Å². The maximum atomic E-state index is 12.3. The number of fused-ring (bicyclic) bond motifs is 1. The van der Waals surface area contributed by atoms with Crippen molar-refractivity contribution in [3.8, 4) is 5.75 Å². The van der Waals surface area contributed by atoms with E-state index >= 15 is 0 Å². The zero-order valence-corrected chi connectivity index (χ0v) is 14.7. The second kappa shape index (κ2) is 6.24. The molecule has 0 bridgehead atoms. The van der Waals surface area contributed by atoms with Crippen LogP contribution in [0.1, 0.15) is 33.3 Å². The second-order valence-corrected chi connectivity index (χ2v) is 6.60. The molecule has 0 aliphatic carbocycles. The predicted octanol–water partition coefficient (Wildman–Crippen LogP) is 3.85. The van der Waals surface area contributed by atoms with E-state index in [-0.39, 0.29) is 11.7 Å². The van der Waals surface area contributed by atoms with Crippen molar-refractivity contribution in [2.45, 2.75) is 39.6 Å². The highest BCUT2D eigenvalue weighted by Crippen LogP contribution is 2.33. The quantitative estimate of drug-likeness (QED) is 0.482. The van der Waals surface area contributed by atoms with E-state index in [4.69, 9.17) is 14.2 Å². The molecule has 1 fully saturated rings. The number of esters is 2. The number of carbonyl (C=O) groups is 2. The van der Waals surface area contributed by atoms with E-state index in [2.05, 4.69) is 0 Å². The van der Waals surface area contributed by atoms with Gasteiger partial charge in [-0.15, -0.1) is 0 Å². The monoisotopic (exact) mass is 340 g/mol. The highest BCUT2D eigenvalue weighted by Gasteiger charge is 2.39. The predicted molar refractivity (Wildman–Crippen MR) is 94.0 cm³/mol. The van der Waals surface area contributed by atoms with Crippen molar-refractivity contribution in [2.75, 3.05) is 0 Å². The Kier molecular flexibility index (Phi) is 4.25. The fourth-order valence-corrected chi connectivity index (χ4v) is 2.70. The maximum Gasteiger partial charge on any atom is 0.348 e. The summed E-state index contributed by atoms with van der Waals surface area (Å²) in [7, 11) is 0. The SMILES string of the molecule is CC(C)Oc1ccc2ccccc2c1C=C1C(=O)OC(C)(C)OC1=O. The first kappa shape index (κ1) is 17.0. The Hall–Kier alpha value is -2.82. The van der Waals surface area contributed by atoms with E-state index in [9.17, 15) is 9.59 Å². The topological polar surface area (TPSA) is 61.8 Å². The Morgan fingerprint density at radius 1 is 1.00 bits per heavy atom. The van der Waals surface area contributed by atoms with Crippen molar-refractivity contribution < 1.29 is 23.8 Å². The highest BCUT2D eigenvalue weighted by atomic mass is 16.7. The summed E-state index contributed by atoms with van der Waals surface area (Å²) in [6.45, 7) is 6.87. The van der Waals surface area contributed by atoms with Crippen LogP contribution < -0.4 is 4.74 Å². The Morgan fingerprint density at radius 2 is 1.64 bits per heavy atom. The lowest BCUT2D eigenvalue weighted by Gasteiger charge is -2.30. The summed E-state index contributed by atoms with van der Waals surface area (Å²) in [4.78, 5) is 24.5. The van der Waals surface area contributed by atoms with Crippen LogP contribution in [0.4, 0.5) is 0 Å². The lowest BCUT2D eigenvalue weighted by molar-refractivity contribution is -0.222. The van der Waals surface area contributed by atoms with Gasteiger partial charge >= 0.3 is 11.9 Å². The maximum absolute atomic E-state index is 12.3. The molecule has 5 heteroatoms. The van der Waals surface area contributed by atoms with Gasteiger partial charge in [0.2, 0.25) is 0 Å². The van der Waals surface area contributed by atoms with Gasteiger partial charge in [0.1, 0.15) is 11.3 Å². The van der Waals surface area contributed by atoms with Gasteiger partial charge in [-0.05, 0) is 36.8 Å². The van der Waals surface area contributed by atoms with Crippen LogP contribution in [0, 0.1) is 0 Å². The average molecular weight is 340 g/mol. The molecule has 0 unspecified atom stereocenters. The van der Waals surface area contributed by atoms with Crippen LogP contribution in [0.25, 0.3) is 16.8 Å². The molecule has 1 aliphatic heterocycles. The van der Waals surface area contributed by atoms with Crippen LogP contribution in [-0.2, 0) is 19.1 Å². The molecule has 0 aromatic heterocycles. The highest BCUT2D eigenvalue weighted by molar-refractivity contribution is 6.19. The minimum atomic E-state index is -1.26. The third kappa shape index (κ3) is 3.50. The zero-order chi connectivity index (χ0) is 18.2. The summed E-state index contributed by atoms with van der Waals surface area (Å²) in [5.41, 5.74) is 0.500. The van der Waals surface area contributed by atoms with Gasteiger partial charge in [-0.1, -0.05) is 30.3 Å². The molecule has 2 aromatic carbocycles. The zero-order valence-electron chi connectivity index (χ0n) is 14.7. The van der Waals surface area contributed by atoms with Crippen molar-refractivity contribution >= 4 is 28.8 Å². The molecule has 0 amide bonds.